The second kappa shape index (κ2) is 7.09. The Balaban J connectivity index is 1.81. The maximum absolute atomic E-state index is 14.3. The topological polar surface area (TPSA) is 67.3 Å². The number of pyridine rings is 1. The summed E-state index contributed by atoms with van der Waals surface area (Å²) in [6.07, 6.45) is 0.239. The van der Waals surface area contributed by atoms with E-state index in [4.69, 9.17) is 0 Å². The van der Waals surface area contributed by atoms with Gasteiger partial charge in [0.05, 0.1) is 16.8 Å². The number of aromatic nitrogens is 1. The Bertz CT molecular complexity index is 1410. The summed E-state index contributed by atoms with van der Waals surface area (Å²) in [7, 11) is 0. The maximum Gasteiger partial charge on any atom is 0.336 e. The molecular formula is C25H15F2NO3. The molecule has 0 spiro atoms. The highest BCUT2D eigenvalue weighted by Gasteiger charge is 2.28. The van der Waals surface area contributed by atoms with E-state index in [1.807, 2.05) is 0 Å². The van der Waals surface area contributed by atoms with Crippen molar-refractivity contribution in [1.29, 1.82) is 0 Å². The van der Waals surface area contributed by atoms with Crippen LogP contribution >= 0.6 is 0 Å². The first-order chi connectivity index (χ1) is 14.9. The zero-order valence-electron chi connectivity index (χ0n) is 16.2. The Morgan fingerprint density at radius 2 is 1.71 bits per heavy atom. The Hall–Kier alpha value is -3.93. The number of nitrogens with zero attached hydrogens (tertiary/aromatic N) is 1. The summed E-state index contributed by atoms with van der Waals surface area (Å²) < 4.78 is 28.1. The van der Waals surface area contributed by atoms with Gasteiger partial charge in [0.25, 0.3) is 0 Å². The number of carbonyl (C=O) groups is 2. The SMILES string of the molecule is O=C1CCc2c(nc3ccc(F)cc3c2C(=O)O)-c2ccc(-c3ccccc3F)cc21. The van der Waals surface area contributed by atoms with Crippen molar-refractivity contribution < 1.29 is 23.5 Å². The first kappa shape index (κ1) is 19.1. The first-order valence-corrected chi connectivity index (χ1v) is 9.72. The van der Waals surface area contributed by atoms with Crippen molar-refractivity contribution in [3.8, 4) is 22.4 Å². The second-order valence-electron chi connectivity index (χ2n) is 7.44. The summed E-state index contributed by atoms with van der Waals surface area (Å²) in [5.74, 6) is -2.34. The van der Waals surface area contributed by atoms with Gasteiger partial charge in [-0.1, -0.05) is 30.3 Å². The van der Waals surface area contributed by atoms with Gasteiger partial charge in [-0.3, -0.25) is 4.79 Å². The molecule has 0 aliphatic heterocycles. The molecule has 0 atom stereocenters. The molecule has 0 radical (unpaired) electrons. The molecule has 1 heterocycles. The van der Waals surface area contributed by atoms with E-state index in [0.717, 1.165) is 6.07 Å². The number of carboxylic acid groups (broad SMARTS) is 1. The lowest BCUT2D eigenvalue weighted by Gasteiger charge is -2.14. The van der Waals surface area contributed by atoms with Gasteiger partial charge in [0.1, 0.15) is 11.6 Å². The van der Waals surface area contributed by atoms with E-state index < -0.39 is 17.6 Å². The zero-order chi connectivity index (χ0) is 21.7. The van der Waals surface area contributed by atoms with Gasteiger partial charge < -0.3 is 5.11 Å². The van der Waals surface area contributed by atoms with E-state index in [1.54, 1.807) is 36.4 Å². The van der Waals surface area contributed by atoms with Gasteiger partial charge in [0, 0.05) is 28.5 Å². The number of halogens is 2. The fraction of sp³-hybridized carbons (Fsp3) is 0.0800. The van der Waals surface area contributed by atoms with Crippen molar-refractivity contribution >= 4 is 22.7 Å². The number of hydrogen-bond donors (Lipinski definition) is 1. The van der Waals surface area contributed by atoms with Crippen LogP contribution in [0.15, 0.2) is 60.7 Å². The molecule has 3 aromatic carbocycles. The highest BCUT2D eigenvalue weighted by atomic mass is 19.1. The molecule has 152 valence electrons. The lowest BCUT2D eigenvalue weighted by Crippen LogP contribution is -2.07. The van der Waals surface area contributed by atoms with E-state index >= 15 is 0 Å². The van der Waals surface area contributed by atoms with Crippen molar-refractivity contribution in [2.24, 2.45) is 0 Å². The highest BCUT2D eigenvalue weighted by molar-refractivity contribution is 6.09. The van der Waals surface area contributed by atoms with Crippen LogP contribution in [0.25, 0.3) is 33.3 Å². The monoisotopic (exact) mass is 415 g/mol. The minimum absolute atomic E-state index is 0.0432. The number of hydrogen-bond acceptors (Lipinski definition) is 3. The molecule has 31 heavy (non-hydrogen) atoms. The molecule has 0 fully saturated rings. The van der Waals surface area contributed by atoms with Gasteiger partial charge in [-0.05, 0) is 47.9 Å². The minimum atomic E-state index is -1.20. The average Bonchev–Trinajstić information content (AvgIpc) is 2.89. The molecule has 5 rings (SSSR count). The summed E-state index contributed by atoms with van der Waals surface area (Å²) >= 11 is 0. The Morgan fingerprint density at radius 3 is 2.48 bits per heavy atom. The van der Waals surface area contributed by atoms with Gasteiger partial charge >= 0.3 is 5.97 Å². The number of fused-ring (bicyclic) bond motifs is 4. The number of aromatic carboxylic acids is 1. The summed E-state index contributed by atoms with van der Waals surface area (Å²) in [4.78, 5) is 29.6. The average molecular weight is 415 g/mol. The summed E-state index contributed by atoms with van der Waals surface area (Å²) in [6, 6.07) is 15.1. The number of ketones is 1. The molecule has 6 heteroatoms. The fourth-order valence-electron chi connectivity index (χ4n) is 4.20. The Kier molecular flexibility index (Phi) is 4.36. The van der Waals surface area contributed by atoms with Crippen molar-refractivity contribution in [2.45, 2.75) is 12.8 Å². The molecule has 1 aliphatic rings. The fourth-order valence-corrected chi connectivity index (χ4v) is 4.20. The van der Waals surface area contributed by atoms with Crippen LogP contribution < -0.4 is 0 Å². The lowest BCUT2D eigenvalue weighted by molar-refractivity contribution is 0.0697. The van der Waals surface area contributed by atoms with Gasteiger partial charge in [-0.2, -0.15) is 0 Å². The van der Waals surface area contributed by atoms with Gasteiger partial charge in [0.2, 0.25) is 0 Å². The predicted octanol–water partition coefficient (Wildman–Crippen LogP) is 5.67. The molecular weight excluding hydrogens is 400 g/mol. The molecule has 0 amide bonds. The standard InChI is InChI=1S/C25H15F2NO3/c26-14-6-9-21-19(12-14)23(25(30)31)17-8-10-22(29)18-11-13(5-7-16(18)24(17)28-21)15-3-1-2-4-20(15)27/h1-7,9,11-12H,8,10H2,(H,30,31). The lowest BCUT2D eigenvalue weighted by atomic mass is 9.93. The summed E-state index contributed by atoms with van der Waals surface area (Å²) in [5.41, 5.74) is 2.85. The first-order valence-electron chi connectivity index (χ1n) is 9.72. The van der Waals surface area contributed by atoms with E-state index in [2.05, 4.69) is 4.98 Å². The predicted molar refractivity (Wildman–Crippen MR) is 112 cm³/mol. The van der Waals surface area contributed by atoms with Crippen molar-refractivity contribution in [3.63, 3.8) is 0 Å². The van der Waals surface area contributed by atoms with Crippen LogP contribution in [-0.2, 0) is 6.42 Å². The largest absolute Gasteiger partial charge is 0.478 e. The van der Waals surface area contributed by atoms with Crippen LogP contribution in [0.3, 0.4) is 0 Å². The quantitative estimate of drug-likeness (QED) is 0.458. The van der Waals surface area contributed by atoms with Gasteiger partial charge in [-0.25, -0.2) is 18.6 Å². The number of rotatable bonds is 2. The molecule has 4 nitrogen and oxygen atoms in total. The summed E-state index contributed by atoms with van der Waals surface area (Å²) in [6.45, 7) is 0. The molecule has 1 aromatic heterocycles. The van der Waals surface area contributed by atoms with Crippen LogP contribution in [0.5, 0.6) is 0 Å². The number of carboxylic acids is 1. The van der Waals surface area contributed by atoms with Crippen molar-refractivity contribution in [3.05, 3.63) is 89.0 Å². The molecule has 1 aliphatic carbocycles. The molecule has 0 saturated heterocycles. The summed E-state index contributed by atoms with van der Waals surface area (Å²) in [5, 5.41) is 10.1. The highest BCUT2D eigenvalue weighted by Crippen LogP contribution is 2.38. The smallest absolute Gasteiger partial charge is 0.336 e. The molecule has 0 unspecified atom stereocenters. The van der Waals surface area contributed by atoms with Crippen LogP contribution in [0.1, 0.15) is 32.7 Å². The van der Waals surface area contributed by atoms with Crippen molar-refractivity contribution in [1.82, 2.24) is 4.98 Å². The van der Waals surface area contributed by atoms with E-state index in [-0.39, 0.29) is 29.6 Å². The number of Topliss-reactive ketones (excluding diaryl/α,β-unsaturated/α-hetero) is 1. The number of benzene rings is 3. The maximum atomic E-state index is 14.3. The van der Waals surface area contributed by atoms with Crippen LogP contribution in [0.4, 0.5) is 8.78 Å². The third kappa shape index (κ3) is 3.08. The molecule has 1 N–H and O–H groups in total. The number of carbonyl (C=O) groups excluding carboxylic acids is 1. The third-order valence-electron chi connectivity index (χ3n) is 5.62. The minimum Gasteiger partial charge on any atom is -0.478 e. The Labute approximate surface area is 175 Å². The third-order valence-corrected chi connectivity index (χ3v) is 5.62. The van der Waals surface area contributed by atoms with E-state index in [0.29, 0.717) is 39.0 Å². The second-order valence-corrected chi connectivity index (χ2v) is 7.44. The van der Waals surface area contributed by atoms with E-state index in [9.17, 15) is 23.5 Å². The molecule has 4 aromatic rings. The molecule has 0 bridgehead atoms. The van der Waals surface area contributed by atoms with Gasteiger partial charge in [0.15, 0.2) is 5.78 Å². The van der Waals surface area contributed by atoms with E-state index in [1.165, 1.54) is 18.2 Å². The van der Waals surface area contributed by atoms with Crippen molar-refractivity contribution in [2.75, 3.05) is 0 Å². The van der Waals surface area contributed by atoms with Gasteiger partial charge in [-0.15, -0.1) is 0 Å². The van der Waals surface area contributed by atoms with Crippen LogP contribution in [0, 0.1) is 11.6 Å². The Morgan fingerprint density at radius 1 is 0.903 bits per heavy atom. The van der Waals surface area contributed by atoms with Crippen LogP contribution in [-0.4, -0.2) is 21.8 Å². The zero-order valence-corrected chi connectivity index (χ0v) is 16.2. The normalized spacial score (nSPS) is 12.9. The molecule has 0 saturated carbocycles. The van der Waals surface area contributed by atoms with Crippen LogP contribution in [0.2, 0.25) is 0 Å².